The van der Waals surface area contributed by atoms with Crippen molar-refractivity contribution in [2.75, 3.05) is 26.0 Å². The molecule has 0 aliphatic heterocycles. The Kier molecular flexibility index (Phi) is 5.02. The van der Waals surface area contributed by atoms with Gasteiger partial charge in [0.05, 0.1) is 19.9 Å². The van der Waals surface area contributed by atoms with Crippen LogP contribution in [0.5, 0.6) is 5.75 Å². The molecule has 0 unspecified atom stereocenters. The van der Waals surface area contributed by atoms with Crippen molar-refractivity contribution in [2.45, 2.75) is 0 Å². The normalized spacial score (nSPS) is 9.91. The van der Waals surface area contributed by atoms with Gasteiger partial charge in [-0.2, -0.15) is 0 Å². The Morgan fingerprint density at radius 1 is 1.32 bits per heavy atom. The lowest BCUT2D eigenvalue weighted by Crippen LogP contribution is -2.35. The van der Waals surface area contributed by atoms with Crippen LogP contribution in [0.15, 0.2) is 42.9 Å². The maximum Gasteiger partial charge on any atom is 0.274 e. The highest BCUT2D eigenvalue weighted by Crippen LogP contribution is 2.16. The Labute approximate surface area is 127 Å². The van der Waals surface area contributed by atoms with E-state index in [-0.39, 0.29) is 24.1 Å². The summed E-state index contributed by atoms with van der Waals surface area (Å²) in [5.41, 5.74) is 0.795. The number of nitrogens with one attached hydrogen (secondary N) is 1. The van der Waals surface area contributed by atoms with E-state index in [1.165, 1.54) is 30.5 Å². The maximum absolute atomic E-state index is 12.1. The number of amides is 2. The lowest BCUT2D eigenvalue weighted by Gasteiger charge is -2.16. The number of hydrogen-bond acceptors (Lipinski definition) is 5. The van der Waals surface area contributed by atoms with Gasteiger partial charge in [-0.05, 0) is 12.1 Å². The molecule has 2 amide bonds. The molecule has 0 aliphatic carbocycles. The highest BCUT2D eigenvalue weighted by molar-refractivity contribution is 5.98. The number of carbonyl (C=O) groups excluding carboxylic acids is 2. The van der Waals surface area contributed by atoms with Gasteiger partial charge in [-0.1, -0.05) is 6.07 Å². The van der Waals surface area contributed by atoms with Crippen molar-refractivity contribution >= 4 is 17.5 Å². The summed E-state index contributed by atoms with van der Waals surface area (Å²) in [6.07, 6.45) is 4.27. The number of ether oxygens (including phenoxy) is 1. The van der Waals surface area contributed by atoms with E-state index in [4.69, 9.17) is 4.74 Å². The number of methoxy groups -OCH3 is 1. The molecule has 0 aliphatic rings. The molecular weight excluding hydrogens is 284 g/mol. The van der Waals surface area contributed by atoms with Crippen LogP contribution in [-0.2, 0) is 4.79 Å². The van der Waals surface area contributed by atoms with E-state index in [0.717, 1.165) is 0 Å². The largest absolute Gasteiger partial charge is 0.497 e. The molecule has 114 valence electrons. The van der Waals surface area contributed by atoms with Crippen molar-refractivity contribution < 1.29 is 14.3 Å². The van der Waals surface area contributed by atoms with E-state index in [2.05, 4.69) is 15.3 Å². The molecule has 1 aromatic heterocycles. The molecule has 22 heavy (non-hydrogen) atoms. The second-order valence-electron chi connectivity index (χ2n) is 4.53. The summed E-state index contributed by atoms with van der Waals surface area (Å²) in [4.78, 5) is 33.1. The van der Waals surface area contributed by atoms with E-state index in [9.17, 15) is 9.59 Å². The average molecular weight is 300 g/mol. The number of anilines is 1. The van der Waals surface area contributed by atoms with Crippen LogP contribution >= 0.6 is 0 Å². The summed E-state index contributed by atoms with van der Waals surface area (Å²) in [5.74, 6) is -0.0383. The van der Waals surface area contributed by atoms with Gasteiger partial charge >= 0.3 is 0 Å². The van der Waals surface area contributed by atoms with Gasteiger partial charge in [0.15, 0.2) is 0 Å². The van der Waals surface area contributed by atoms with Crippen LogP contribution in [0.1, 0.15) is 10.5 Å². The standard InChI is InChI=1S/C15H16N4O3/c1-19(15(21)13-9-16-6-7-17-13)10-14(20)18-11-4-3-5-12(8-11)22-2/h3-9H,10H2,1-2H3,(H,18,20). The highest BCUT2D eigenvalue weighted by atomic mass is 16.5. The lowest BCUT2D eigenvalue weighted by atomic mass is 10.3. The summed E-state index contributed by atoms with van der Waals surface area (Å²) < 4.78 is 5.08. The average Bonchev–Trinajstić information content (AvgIpc) is 2.55. The Morgan fingerprint density at radius 2 is 2.14 bits per heavy atom. The van der Waals surface area contributed by atoms with Crippen LogP contribution in [0.4, 0.5) is 5.69 Å². The minimum Gasteiger partial charge on any atom is -0.497 e. The minimum absolute atomic E-state index is 0.0907. The molecule has 0 saturated carbocycles. The first-order chi connectivity index (χ1) is 10.6. The summed E-state index contributed by atoms with van der Waals surface area (Å²) in [5, 5.41) is 2.71. The number of likely N-dealkylation sites (N-methyl/N-ethyl adjacent to an activating group) is 1. The second kappa shape index (κ2) is 7.16. The molecule has 0 spiro atoms. The van der Waals surface area contributed by atoms with Crippen molar-refractivity contribution in [2.24, 2.45) is 0 Å². The smallest absolute Gasteiger partial charge is 0.274 e. The fourth-order valence-corrected chi connectivity index (χ4v) is 1.79. The van der Waals surface area contributed by atoms with Gasteiger partial charge < -0.3 is 15.0 Å². The number of nitrogens with zero attached hydrogens (tertiary/aromatic N) is 3. The first-order valence-electron chi connectivity index (χ1n) is 6.55. The zero-order valence-electron chi connectivity index (χ0n) is 12.3. The van der Waals surface area contributed by atoms with Crippen LogP contribution in [0, 0.1) is 0 Å². The Balaban J connectivity index is 1.95. The zero-order chi connectivity index (χ0) is 15.9. The number of rotatable bonds is 5. The molecule has 1 aromatic carbocycles. The predicted molar refractivity (Wildman–Crippen MR) is 80.6 cm³/mol. The van der Waals surface area contributed by atoms with Gasteiger partial charge in [0.1, 0.15) is 11.4 Å². The number of hydrogen-bond donors (Lipinski definition) is 1. The fraction of sp³-hybridized carbons (Fsp3) is 0.200. The predicted octanol–water partition coefficient (Wildman–Crippen LogP) is 1.20. The summed E-state index contributed by atoms with van der Waals surface area (Å²) in [7, 11) is 3.08. The van der Waals surface area contributed by atoms with E-state index in [0.29, 0.717) is 11.4 Å². The zero-order valence-corrected chi connectivity index (χ0v) is 12.3. The van der Waals surface area contributed by atoms with Crippen molar-refractivity contribution in [1.29, 1.82) is 0 Å². The van der Waals surface area contributed by atoms with Crippen molar-refractivity contribution in [3.63, 3.8) is 0 Å². The van der Waals surface area contributed by atoms with Crippen LogP contribution in [-0.4, -0.2) is 47.4 Å². The van der Waals surface area contributed by atoms with E-state index < -0.39 is 0 Å². The maximum atomic E-state index is 12.1. The monoisotopic (exact) mass is 300 g/mol. The van der Waals surface area contributed by atoms with Gasteiger partial charge in [-0.3, -0.25) is 14.6 Å². The summed E-state index contributed by atoms with van der Waals surface area (Å²) >= 11 is 0. The first-order valence-corrected chi connectivity index (χ1v) is 6.55. The number of benzene rings is 1. The van der Waals surface area contributed by atoms with Gasteiger partial charge in [0.25, 0.3) is 5.91 Å². The van der Waals surface area contributed by atoms with E-state index in [1.54, 1.807) is 31.4 Å². The molecule has 0 atom stereocenters. The van der Waals surface area contributed by atoms with Gasteiger partial charge in [-0.25, -0.2) is 4.98 Å². The second-order valence-corrected chi connectivity index (χ2v) is 4.53. The van der Waals surface area contributed by atoms with E-state index >= 15 is 0 Å². The third-order valence-electron chi connectivity index (χ3n) is 2.86. The number of carbonyl (C=O) groups is 2. The van der Waals surface area contributed by atoms with Crippen molar-refractivity contribution in [3.8, 4) is 5.75 Å². The summed E-state index contributed by atoms with van der Waals surface area (Å²) in [6.45, 7) is -0.0907. The van der Waals surface area contributed by atoms with Crippen LogP contribution in [0.25, 0.3) is 0 Å². The SMILES string of the molecule is COc1cccc(NC(=O)CN(C)C(=O)c2cnccn2)c1. The fourth-order valence-electron chi connectivity index (χ4n) is 1.79. The van der Waals surface area contributed by atoms with Crippen LogP contribution in [0.2, 0.25) is 0 Å². The van der Waals surface area contributed by atoms with Crippen LogP contribution in [0.3, 0.4) is 0 Å². The third-order valence-corrected chi connectivity index (χ3v) is 2.86. The molecule has 2 rings (SSSR count). The topological polar surface area (TPSA) is 84.4 Å². The van der Waals surface area contributed by atoms with Gasteiger partial charge in [0.2, 0.25) is 5.91 Å². The Bertz CT molecular complexity index is 661. The quantitative estimate of drug-likeness (QED) is 0.896. The highest BCUT2D eigenvalue weighted by Gasteiger charge is 2.16. The molecule has 0 bridgehead atoms. The van der Waals surface area contributed by atoms with Crippen LogP contribution < -0.4 is 10.1 Å². The minimum atomic E-state index is -0.367. The molecule has 7 heteroatoms. The first kappa shape index (κ1) is 15.4. The Morgan fingerprint density at radius 3 is 2.82 bits per heavy atom. The van der Waals surface area contributed by atoms with Crippen molar-refractivity contribution in [1.82, 2.24) is 14.9 Å². The van der Waals surface area contributed by atoms with Gasteiger partial charge in [0, 0.05) is 31.2 Å². The molecule has 0 fully saturated rings. The molecule has 0 saturated heterocycles. The van der Waals surface area contributed by atoms with Gasteiger partial charge in [-0.15, -0.1) is 0 Å². The summed E-state index contributed by atoms with van der Waals surface area (Å²) in [6, 6.07) is 6.98. The molecule has 1 N–H and O–H groups in total. The van der Waals surface area contributed by atoms with Crippen molar-refractivity contribution in [3.05, 3.63) is 48.5 Å². The Hall–Kier alpha value is -2.96. The molecular formula is C15H16N4O3. The molecule has 2 aromatic rings. The lowest BCUT2D eigenvalue weighted by molar-refractivity contribution is -0.116. The molecule has 0 radical (unpaired) electrons. The molecule has 7 nitrogen and oxygen atoms in total. The molecule has 1 heterocycles. The third kappa shape index (κ3) is 4.02. The van der Waals surface area contributed by atoms with E-state index in [1.807, 2.05) is 0 Å². The number of aromatic nitrogens is 2.